The lowest BCUT2D eigenvalue weighted by molar-refractivity contribution is 0.204. The zero-order valence-corrected chi connectivity index (χ0v) is 11.6. The molecule has 0 saturated heterocycles. The van der Waals surface area contributed by atoms with Crippen molar-refractivity contribution in [2.75, 3.05) is 18.5 Å². The van der Waals surface area contributed by atoms with Crippen molar-refractivity contribution in [2.45, 2.75) is 27.2 Å². The van der Waals surface area contributed by atoms with E-state index in [1.807, 2.05) is 13.8 Å². The number of anilines is 1. The summed E-state index contributed by atoms with van der Waals surface area (Å²) >= 11 is 0. The maximum absolute atomic E-state index is 13.3. The SMILES string of the molecule is Cc1c(F)cccc1NC(=O)NCC(C)(C)CCO. The lowest BCUT2D eigenvalue weighted by atomic mass is 9.90. The third-order valence-corrected chi connectivity index (χ3v) is 3.03. The van der Waals surface area contributed by atoms with Crippen LogP contribution in [0, 0.1) is 18.2 Å². The van der Waals surface area contributed by atoms with Crippen molar-refractivity contribution in [3.8, 4) is 0 Å². The van der Waals surface area contributed by atoms with Crippen molar-refractivity contribution < 1.29 is 14.3 Å². The van der Waals surface area contributed by atoms with E-state index in [1.165, 1.54) is 6.07 Å². The number of hydrogen-bond donors (Lipinski definition) is 3. The normalized spacial score (nSPS) is 11.2. The van der Waals surface area contributed by atoms with Crippen molar-refractivity contribution in [3.05, 3.63) is 29.6 Å². The van der Waals surface area contributed by atoms with Crippen LogP contribution in [0.1, 0.15) is 25.8 Å². The highest BCUT2D eigenvalue weighted by atomic mass is 19.1. The van der Waals surface area contributed by atoms with Crippen LogP contribution in [-0.2, 0) is 0 Å². The van der Waals surface area contributed by atoms with Gasteiger partial charge in [-0.15, -0.1) is 0 Å². The lowest BCUT2D eigenvalue weighted by Gasteiger charge is -2.24. The molecule has 1 rings (SSSR count). The van der Waals surface area contributed by atoms with Gasteiger partial charge in [-0.2, -0.15) is 0 Å². The summed E-state index contributed by atoms with van der Waals surface area (Å²) in [6.07, 6.45) is 0.603. The lowest BCUT2D eigenvalue weighted by Crippen LogP contribution is -2.37. The molecule has 4 nitrogen and oxygen atoms in total. The maximum Gasteiger partial charge on any atom is 0.319 e. The summed E-state index contributed by atoms with van der Waals surface area (Å²) in [5.41, 5.74) is 0.688. The summed E-state index contributed by atoms with van der Waals surface area (Å²) in [7, 11) is 0. The standard InChI is InChI=1S/C14H21FN2O2/c1-10-11(15)5-4-6-12(10)17-13(19)16-9-14(2,3)7-8-18/h4-6,18H,7-9H2,1-3H3,(H2,16,17,19). The van der Waals surface area contributed by atoms with Gasteiger partial charge in [0.25, 0.3) is 0 Å². The zero-order chi connectivity index (χ0) is 14.5. The van der Waals surface area contributed by atoms with Crippen molar-refractivity contribution in [1.29, 1.82) is 0 Å². The van der Waals surface area contributed by atoms with Gasteiger partial charge in [0.05, 0.1) is 0 Å². The van der Waals surface area contributed by atoms with Gasteiger partial charge in [-0.3, -0.25) is 0 Å². The molecule has 1 aromatic rings. The van der Waals surface area contributed by atoms with Gasteiger partial charge in [0.2, 0.25) is 0 Å². The molecule has 5 heteroatoms. The zero-order valence-electron chi connectivity index (χ0n) is 11.6. The predicted octanol–water partition coefficient (Wildman–Crippen LogP) is 2.66. The molecule has 1 aromatic carbocycles. The van der Waals surface area contributed by atoms with Gasteiger partial charge in [0.1, 0.15) is 5.82 Å². The van der Waals surface area contributed by atoms with E-state index in [-0.39, 0.29) is 23.9 Å². The number of aliphatic hydroxyl groups is 1. The maximum atomic E-state index is 13.3. The first-order chi connectivity index (χ1) is 8.85. The number of hydrogen-bond acceptors (Lipinski definition) is 2. The molecule has 2 amide bonds. The minimum Gasteiger partial charge on any atom is -0.396 e. The minimum absolute atomic E-state index is 0.0826. The van der Waals surface area contributed by atoms with E-state index in [2.05, 4.69) is 10.6 Å². The molecule has 0 aliphatic carbocycles. The van der Waals surface area contributed by atoms with E-state index in [4.69, 9.17) is 5.11 Å². The molecule has 0 aliphatic heterocycles. The molecule has 0 saturated carbocycles. The van der Waals surface area contributed by atoms with Crippen molar-refractivity contribution in [1.82, 2.24) is 5.32 Å². The van der Waals surface area contributed by atoms with Crippen molar-refractivity contribution >= 4 is 11.7 Å². The Morgan fingerprint density at radius 3 is 2.74 bits per heavy atom. The molecule has 0 spiro atoms. The number of aliphatic hydroxyl groups excluding tert-OH is 1. The Morgan fingerprint density at radius 1 is 1.42 bits per heavy atom. The Hall–Kier alpha value is -1.62. The second-order valence-electron chi connectivity index (χ2n) is 5.36. The molecule has 0 atom stereocenters. The van der Waals surface area contributed by atoms with Gasteiger partial charge < -0.3 is 15.7 Å². The highest BCUT2D eigenvalue weighted by Gasteiger charge is 2.18. The average Bonchev–Trinajstić information content (AvgIpc) is 2.33. The van der Waals surface area contributed by atoms with E-state index in [0.717, 1.165) is 0 Å². The number of amides is 2. The van der Waals surface area contributed by atoms with E-state index in [1.54, 1.807) is 19.1 Å². The fourth-order valence-corrected chi connectivity index (χ4v) is 1.62. The molecule has 0 unspecified atom stereocenters. The largest absolute Gasteiger partial charge is 0.396 e. The summed E-state index contributed by atoms with van der Waals surface area (Å²) < 4.78 is 13.3. The number of carbonyl (C=O) groups is 1. The molecule has 3 N–H and O–H groups in total. The first kappa shape index (κ1) is 15.4. The van der Waals surface area contributed by atoms with Gasteiger partial charge in [-0.1, -0.05) is 19.9 Å². The highest BCUT2D eigenvalue weighted by molar-refractivity contribution is 5.90. The van der Waals surface area contributed by atoms with Gasteiger partial charge in [0.15, 0.2) is 0 Å². The summed E-state index contributed by atoms with van der Waals surface area (Å²) in [5.74, 6) is -0.349. The first-order valence-electron chi connectivity index (χ1n) is 6.26. The monoisotopic (exact) mass is 268 g/mol. The van der Waals surface area contributed by atoms with Gasteiger partial charge >= 0.3 is 6.03 Å². The topological polar surface area (TPSA) is 61.4 Å². The summed E-state index contributed by atoms with van der Waals surface area (Å²) in [6.45, 7) is 6.04. The minimum atomic E-state index is -0.375. The third-order valence-electron chi connectivity index (χ3n) is 3.03. The van der Waals surface area contributed by atoms with Crippen LogP contribution in [0.5, 0.6) is 0 Å². The Labute approximate surface area is 113 Å². The van der Waals surface area contributed by atoms with Crippen LogP contribution in [0.3, 0.4) is 0 Å². The fourth-order valence-electron chi connectivity index (χ4n) is 1.62. The van der Waals surface area contributed by atoms with Crippen LogP contribution in [-0.4, -0.2) is 24.3 Å². The third kappa shape index (κ3) is 4.87. The Balaban J connectivity index is 2.54. The predicted molar refractivity (Wildman–Crippen MR) is 73.6 cm³/mol. The van der Waals surface area contributed by atoms with E-state index < -0.39 is 0 Å². The van der Waals surface area contributed by atoms with Gasteiger partial charge in [-0.25, -0.2) is 9.18 Å². The summed E-state index contributed by atoms with van der Waals surface area (Å²) in [6, 6.07) is 4.17. The van der Waals surface area contributed by atoms with Gasteiger partial charge in [-0.05, 0) is 30.9 Å². The van der Waals surface area contributed by atoms with Gasteiger partial charge in [0, 0.05) is 24.4 Å². The van der Waals surface area contributed by atoms with E-state index >= 15 is 0 Å². The van der Waals surface area contributed by atoms with Crippen LogP contribution < -0.4 is 10.6 Å². The molecule has 0 heterocycles. The van der Waals surface area contributed by atoms with Crippen LogP contribution in [0.2, 0.25) is 0 Å². The molecular formula is C14H21FN2O2. The number of urea groups is 1. The average molecular weight is 268 g/mol. The quantitative estimate of drug-likeness (QED) is 0.769. The Morgan fingerprint density at radius 2 is 2.11 bits per heavy atom. The number of carbonyl (C=O) groups excluding carboxylic acids is 1. The molecule has 0 bridgehead atoms. The number of halogens is 1. The van der Waals surface area contributed by atoms with Crippen LogP contribution >= 0.6 is 0 Å². The van der Waals surface area contributed by atoms with Crippen LogP contribution in [0.15, 0.2) is 18.2 Å². The van der Waals surface area contributed by atoms with E-state index in [9.17, 15) is 9.18 Å². The molecule has 0 aliphatic rings. The van der Waals surface area contributed by atoms with Crippen molar-refractivity contribution in [3.63, 3.8) is 0 Å². The summed E-state index contributed by atoms with van der Waals surface area (Å²) in [5, 5.41) is 14.2. The fraction of sp³-hybridized carbons (Fsp3) is 0.500. The molecule has 0 aromatic heterocycles. The smallest absolute Gasteiger partial charge is 0.319 e. The number of nitrogens with one attached hydrogen (secondary N) is 2. The Bertz CT molecular complexity index is 447. The molecule has 0 fully saturated rings. The number of rotatable bonds is 5. The molecule has 19 heavy (non-hydrogen) atoms. The molecule has 0 radical (unpaired) electrons. The van der Waals surface area contributed by atoms with Crippen LogP contribution in [0.4, 0.5) is 14.9 Å². The Kier molecular flexibility index (Phi) is 5.30. The molecular weight excluding hydrogens is 247 g/mol. The van der Waals surface area contributed by atoms with E-state index in [0.29, 0.717) is 24.2 Å². The number of benzene rings is 1. The second-order valence-corrected chi connectivity index (χ2v) is 5.36. The molecule has 106 valence electrons. The summed E-state index contributed by atoms with van der Waals surface area (Å²) in [4.78, 5) is 11.7. The van der Waals surface area contributed by atoms with Crippen LogP contribution in [0.25, 0.3) is 0 Å². The second kappa shape index (κ2) is 6.52. The highest BCUT2D eigenvalue weighted by Crippen LogP contribution is 2.19. The first-order valence-corrected chi connectivity index (χ1v) is 6.26. The van der Waals surface area contributed by atoms with Crippen molar-refractivity contribution in [2.24, 2.45) is 5.41 Å².